The Morgan fingerprint density at radius 2 is 1.71 bits per heavy atom. The summed E-state index contributed by atoms with van der Waals surface area (Å²) in [6.45, 7) is 8.65. The Labute approximate surface area is 218 Å². The van der Waals surface area contributed by atoms with Crippen LogP contribution in [0.1, 0.15) is 45.2 Å². The first-order valence-electron chi connectivity index (χ1n) is 11.2. The van der Waals surface area contributed by atoms with E-state index in [0.29, 0.717) is 33.3 Å². The molecule has 0 radical (unpaired) electrons. The first-order valence-corrected chi connectivity index (χ1v) is 13.8. The zero-order valence-corrected chi connectivity index (χ0v) is 23.3. The Morgan fingerprint density at radius 3 is 2.23 bits per heavy atom. The van der Waals surface area contributed by atoms with Crippen molar-refractivity contribution in [2.45, 2.75) is 59.2 Å². The van der Waals surface area contributed by atoms with E-state index in [-0.39, 0.29) is 12.5 Å². The van der Waals surface area contributed by atoms with Crippen molar-refractivity contribution in [3.05, 3.63) is 63.6 Å². The summed E-state index contributed by atoms with van der Waals surface area (Å²) in [7, 11) is -3.83. The quantitative estimate of drug-likeness (QED) is 0.494. The summed E-state index contributed by atoms with van der Waals surface area (Å²) in [5, 5.41) is 3.83. The molecule has 10 heteroatoms. The van der Waals surface area contributed by atoms with Gasteiger partial charge in [0.25, 0.3) is 0 Å². The van der Waals surface area contributed by atoms with Crippen molar-refractivity contribution in [1.29, 1.82) is 0 Å². The molecule has 0 unspecified atom stereocenters. The Kier molecular flexibility index (Phi) is 9.62. The van der Waals surface area contributed by atoms with Gasteiger partial charge in [-0.25, -0.2) is 8.42 Å². The summed E-state index contributed by atoms with van der Waals surface area (Å²) in [5.41, 5.74) is 1.09. The molecule has 0 aliphatic heterocycles. The molecule has 0 heterocycles. The molecule has 0 spiro atoms. The van der Waals surface area contributed by atoms with Crippen LogP contribution >= 0.6 is 23.2 Å². The molecule has 0 saturated heterocycles. The summed E-state index contributed by atoms with van der Waals surface area (Å²) >= 11 is 12.4. The van der Waals surface area contributed by atoms with Crippen LogP contribution in [0.2, 0.25) is 10.0 Å². The number of sulfonamides is 1. The van der Waals surface area contributed by atoms with Crippen LogP contribution in [0.5, 0.6) is 0 Å². The number of amides is 2. The zero-order valence-electron chi connectivity index (χ0n) is 20.9. The number of anilines is 1. The minimum Gasteiger partial charge on any atom is -0.350 e. The number of carbonyl (C=O) groups excluding carboxylic acids is 2. The number of halogens is 2. The van der Waals surface area contributed by atoms with Crippen LogP contribution in [0.25, 0.3) is 0 Å². The van der Waals surface area contributed by atoms with E-state index in [1.54, 1.807) is 56.3 Å². The standard InChI is InChI=1S/C25H33Cl2N3O4S/c1-7-21(24(32)28-25(3,4)5)29(15-18-10-8-9-11-20(18)27)23(31)16-30(35(6,33)34)22-13-12-19(26)14-17(22)2/h8-14,21H,7,15-16H2,1-6H3,(H,28,32)/t21-/m1/s1. The average molecular weight is 543 g/mol. The molecular weight excluding hydrogens is 509 g/mol. The number of benzene rings is 2. The summed E-state index contributed by atoms with van der Waals surface area (Å²) in [6.07, 6.45) is 1.37. The monoisotopic (exact) mass is 541 g/mol. The van der Waals surface area contributed by atoms with Crippen LogP contribution in [-0.4, -0.2) is 49.5 Å². The van der Waals surface area contributed by atoms with E-state index < -0.39 is 34.1 Å². The normalized spacial score (nSPS) is 12.7. The molecule has 2 rings (SSSR count). The van der Waals surface area contributed by atoms with E-state index in [2.05, 4.69) is 5.32 Å². The maximum Gasteiger partial charge on any atom is 0.244 e. The van der Waals surface area contributed by atoms with Gasteiger partial charge in [-0.3, -0.25) is 13.9 Å². The van der Waals surface area contributed by atoms with Crippen molar-refractivity contribution < 1.29 is 18.0 Å². The van der Waals surface area contributed by atoms with E-state index >= 15 is 0 Å². The third-order valence-corrected chi connectivity index (χ3v) is 7.02. The number of nitrogens with one attached hydrogen (secondary N) is 1. The van der Waals surface area contributed by atoms with Gasteiger partial charge < -0.3 is 10.2 Å². The van der Waals surface area contributed by atoms with Gasteiger partial charge in [-0.2, -0.15) is 0 Å². The molecule has 35 heavy (non-hydrogen) atoms. The van der Waals surface area contributed by atoms with Crippen molar-refractivity contribution in [1.82, 2.24) is 10.2 Å². The molecule has 0 bridgehead atoms. The van der Waals surface area contributed by atoms with Crippen molar-refractivity contribution >= 4 is 50.7 Å². The lowest BCUT2D eigenvalue weighted by atomic mass is 10.1. The molecule has 0 aliphatic rings. The lowest BCUT2D eigenvalue weighted by molar-refractivity contribution is -0.141. The molecule has 2 aromatic rings. The highest BCUT2D eigenvalue weighted by atomic mass is 35.5. The topological polar surface area (TPSA) is 86.8 Å². The summed E-state index contributed by atoms with van der Waals surface area (Å²) in [6, 6.07) is 11.0. The minimum absolute atomic E-state index is 0.0474. The Bertz CT molecular complexity index is 1180. The lowest BCUT2D eigenvalue weighted by Crippen LogP contribution is -2.55. The van der Waals surface area contributed by atoms with Crippen LogP contribution in [0.3, 0.4) is 0 Å². The number of rotatable bonds is 9. The molecule has 2 amide bonds. The third kappa shape index (κ3) is 8.12. The fraction of sp³-hybridized carbons (Fsp3) is 0.440. The van der Waals surface area contributed by atoms with E-state index in [0.717, 1.165) is 10.6 Å². The highest BCUT2D eigenvalue weighted by Crippen LogP contribution is 2.27. The van der Waals surface area contributed by atoms with Gasteiger partial charge in [0.1, 0.15) is 12.6 Å². The molecule has 192 valence electrons. The second-order valence-corrected chi connectivity index (χ2v) is 12.2. The SMILES string of the molecule is CC[C@H](C(=O)NC(C)(C)C)N(Cc1ccccc1Cl)C(=O)CN(c1ccc(Cl)cc1C)S(C)(=O)=O. The van der Waals surface area contributed by atoms with Crippen LogP contribution in [-0.2, 0) is 26.2 Å². The Morgan fingerprint density at radius 1 is 1.09 bits per heavy atom. The smallest absolute Gasteiger partial charge is 0.244 e. The molecule has 0 aliphatic carbocycles. The van der Waals surface area contributed by atoms with E-state index in [4.69, 9.17) is 23.2 Å². The third-order valence-electron chi connectivity index (χ3n) is 5.29. The van der Waals surface area contributed by atoms with E-state index in [9.17, 15) is 18.0 Å². The molecular formula is C25H33Cl2N3O4S. The number of carbonyl (C=O) groups is 2. The molecule has 7 nitrogen and oxygen atoms in total. The fourth-order valence-electron chi connectivity index (χ4n) is 3.68. The van der Waals surface area contributed by atoms with E-state index in [1.807, 2.05) is 20.8 Å². The predicted molar refractivity (Wildman–Crippen MR) is 142 cm³/mol. The van der Waals surface area contributed by atoms with Crippen molar-refractivity contribution in [2.75, 3.05) is 17.1 Å². The fourth-order valence-corrected chi connectivity index (χ4v) is 5.01. The maximum absolute atomic E-state index is 13.7. The van der Waals surface area contributed by atoms with E-state index in [1.165, 1.54) is 4.90 Å². The minimum atomic E-state index is -3.83. The largest absolute Gasteiger partial charge is 0.350 e. The number of hydrogen-bond donors (Lipinski definition) is 1. The summed E-state index contributed by atoms with van der Waals surface area (Å²) < 4.78 is 26.5. The number of aryl methyl sites for hydroxylation is 1. The molecule has 1 atom stereocenters. The van der Waals surface area contributed by atoms with Crippen molar-refractivity contribution in [3.63, 3.8) is 0 Å². The van der Waals surface area contributed by atoms with Crippen molar-refractivity contribution in [3.8, 4) is 0 Å². The van der Waals surface area contributed by atoms with Gasteiger partial charge in [0.2, 0.25) is 21.8 Å². The first-order chi connectivity index (χ1) is 16.1. The lowest BCUT2D eigenvalue weighted by Gasteiger charge is -2.35. The summed E-state index contributed by atoms with van der Waals surface area (Å²) in [5.74, 6) is -0.852. The predicted octanol–water partition coefficient (Wildman–Crippen LogP) is 4.79. The van der Waals surface area contributed by atoms with Gasteiger partial charge in [0.05, 0.1) is 11.9 Å². The van der Waals surface area contributed by atoms with Gasteiger partial charge in [0.15, 0.2) is 0 Å². The van der Waals surface area contributed by atoms with Gasteiger partial charge in [-0.05, 0) is 69.5 Å². The highest BCUT2D eigenvalue weighted by Gasteiger charge is 2.33. The zero-order chi connectivity index (χ0) is 26.6. The van der Waals surface area contributed by atoms with Gasteiger partial charge in [0, 0.05) is 22.1 Å². The van der Waals surface area contributed by atoms with Gasteiger partial charge in [-0.15, -0.1) is 0 Å². The molecule has 0 fully saturated rings. The number of hydrogen-bond acceptors (Lipinski definition) is 4. The van der Waals surface area contributed by atoms with Crippen LogP contribution < -0.4 is 9.62 Å². The second-order valence-electron chi connectivity index (χ2n) is 9.48. The summed E-state index contributed by atoms with van der Waals surface area (Å²) in [4.78, 5) is 28.3. The first kappa shape index (κ1) is 28.9. The van der Waals surface area contributed by atoms with Crippen LogP contribution in [0, 0.1) is 6.92 Å². The average Bonchev–Trinajstić information content (AvgIpc) is 2.71. The van der Waals surface area contributed by atoms with Crippen LogP contribution in [0.15, 0.2) is 42.5 Å². The van der Waals surface area contributed by atoms with Crippen molar-refractivity contribution in [2.24, 2.45) is 0 Å². The Hall–Kier alpha value is -2.29. The van der Waals surface area contributed by atoms with Gasteiger partial charge in [-0.1, -0.05) is 48.3 Å². The number of nitrogens with zero attached hydrogens (tertiary/aromatic N) is 2. The highest BCUT2D eigenvalue weighted by molar-refractivity contribution is 7.92. The molecule has 0 aromatic heterocycles. The molecule has 0 saturated carbocycles. The second kappa shape index (κ2) is 11.6. The molecule has 2 aromatic carbocycles. The Balaban J connectivity index is 2.51. The molecule has 1 N–H and O–H groups in total. The van der Waals surface area contributed by atoms with Crippen LogP contribution in [0.4, 0.5) is 5.69 Å². The maximum atomic E-state index is 13.7. The van der Waals surface area contributed by atoms with Gasteiger partial charge >= 0.3 is 0 Å².